The van der Waals surface area contributed by atoms with Gasteiger partial charge in [0.1, 0.15) is 0 Å². The third-order valence-corrected chi connectivity index (χ3v) is 8.04. The van der Waals surface area contributed by atoms with Gasteiger partial charge in [-0.1, -0.05) is 25.5 Å². The van der Waals surface area contributed by atoms with Gasteiger partial charge in [-0.05, 0) is 93.1 Å². The van der Waals surface area contributed by atoms with Gasteiger partial charge in [0.2, 0.25) is 11.8 Å². The molecule has 1 aromatic heterocycles. The van der Waals surface area contributed by atoms with Crippen LogP contribution in [0.1, 0.15) is 45.9 Å². The molecule has 0 spiro atoms. The molecule has 1 aliphatic heterocycles. The Hall–Kier alpha value is -2.18. The Morgan fingerprint density at radius 1 is 1.12 bits per heavy atom. The van der Waals surface area contributed by atoms with E-state index in [4.69, 9.17) is 4.42 Å². The highest BCUT2D eigenvalue weighted by molar-refractivity contribution is 5.58. The van der Waals surface area contributed by atoms with Crippen molar-refractivity contribution in [3.05, 3.63) is 41.8 Å². The average Bonchev–Trinajstić information content (AvgIpc) is 3.29. The molecule has 1 N–H and O–H groups in total. The molecule has 1 saturated heterocycles. The van der Waals surface area contributed by atoms with Crippen LogP contribution in [0.2, 0.25) is 0 Å². The van der Waals surface area contributed by atoms with Crippen LogP contribution in [0.3, 0.4) is 0 Å². The molecule has 2 aromatic rings. The first-order chi connectivity index (χ1) is 16.3. The van der Waals surface area contributed by atoms with E-state index in [1.54, 1.807) is 0 Å². The molecule has 0 bridgehead atoms. The van der Waals surface area contributed by atoms with E-state index >= 15 is 0 Å². The van der Waals surface area contributed by atoms with Gasteiger partial charge >= 0.3 is 0 Å². The normalized spacial score (nSPS) is 24.4. The van der Waals surface area contributed by atoms with Crippen LogP contribution in [-0.2, 0) is 6.42 Å². The van der Waals surface area contributed by atoms with Crippen molar-refractivity contribution in [3.63, 3.8) is 0 Å². The number of aliphatic hydroxyl groups excluding tert-OH is 1. The molecular weight excluding hydrogens is 424 g/mol. The third-order valence-electron chi connectivity index (χ3n) is 8.04. The topological polar surface area (TPSA) is 65.6 Å². The minimum Gasteiger partial charge on any atom is -0.421 e. The number of benzene rings is 1. The van der Waals surface area contributed by atoms with Crippen molar-refractivity contribution in [2.24, 2.45) is 29.6 Å². The number of piperidine rings is 1. The Morgan fingerprint density at radius 2 is 1.82 bits per heavy atom. The van der Waals surface area contributed by atoms with Crippen LogP contribution >= 0.6 is 0 Å². The number of allylic oxidation sites excluding steroid dienone is 1. The average molecular weight is 467 g/mol. The quantitative estimate of drug-likeness (QED) is 0.558. The molecule has 186 valence electrons. The first-order valence-electron chi connectivity index (χ1n) is 13.0. The van der Waals surface area contributed by atoms with Gasteiger partial charge in [-0.3, -0.25) is 0 Å². The maximum atomic E-state index is 9.45. The number of hydrogen-bond acceptors (Lipinski definition) is 6. The van der Waals surface area contributed by atoms with Crippen LogP contribution in [0.15, 0.2) is 40.3 Å². The Morgan fingerprint density at radius 3 is 2.44 bits per heavy atom. The van der Waals surface area contributed by atoms with Crippen molar-refractivity contribution in [2.75, 3.05) is 45.2 Å². The molecule has 2 heterocycles. The summed E-state index contributed by atoms with van der Waals surface area (Å²) in [5.74, 6) is 4.17. The largest absolute Gasteiger partial charge is 0.421 e. The molecule has 6 nitrogen and oxygen atoms in total. The lowest BCUT2D eigenvalue weighted by Crippen LogP contribution is -2.41. The zero-order chi connectivity index (χ0) is 24.2. The lowest BCUT2D eigenvalue weighted by Gasteiger charge is -2.40. The SMILES string of the molecule is CC1=C[C@@H](CN2CCC(CO)CC2)[C@H](C(C)C)C[C@H]1Cc1nnc(-c2ccc(N(C)C)cc2)o1. The Kier molecular flexibility index (Phi) is 8.10. The van der Waals surface area contributed by atoms with Gasteiger partial charge in [-0.15, -0.1) is 10.2 Å². The first kappa shape index (κ1) is 24.9. The molecule has 6 heteroatoms. The van der Waals surface area contributed by atoms with Gasteiger partial charge in [-0.2, -0.15) is 0 Å². The molecule has 1 aliphatic carbocycles. The number of anilines is 1. The summed E-state index contributed by atoms with van der Waals surface area (Å²) in [4.78, 5) is 4.69. The van der Waals surface area contributed by atoms with Gasteiger partial charge < -0.3 is 19.3 Å². The van der Waals surface area contributed by atoms with Crippen LogP contribution in [-0.4, -0.2) is 60.5 Å². The van der Waals surface area contributed by atoms with E-state index in [0.717, 1.165) is 56.0 Å². The number of nitrogens with zero attached hydrogens (tertiary/aromatic N) is 4. The summed E-state index contributed by atoms with van der Waals surface area (Å²) in [5, 5.41) is 18.2. The van der Waals surface area contributed by atoms with Gasteiger partial charge in [0.05, 0.1) is 0 Å². The molecule has 34 heavy (non-hydrogen) atoms. The second-order valence-corrected chi connectivity index (χ2v) is 11.0. The van der Waals surface area contributed by atoms with E-state index in [2.05, 4.69) is 59.0 Å². The summed E-state index contributed by atoms with van der Waals surface area (Å²) < 4.78 is 6.09. The van der Waals surface area contributed by atoms with Crippen LogP contribution in [0.25, 0.3) is 11.5 Å². The monoisotopic (exact) mass is 466 g/mol. The van der Waals surface area contributed by atoms with Crippen molar-refractivity contribution in [3.8, 4) is 11.5 Å². The summed E-state index contributed by atoms with van der Waals surface area (Å²) in [6, 6.07) is 8.24. The van der Waals surface area contributed by atoms with Gasteiger partial charge in [0, 0.05) is 44.9 Å². The van der Waals surface area contributed by atoms with Gasteiger partial charge in [0.25, 0.3) is 0 Å². The molecule has 1 aromatic carbocycles. The van der Waals surface area contributed by atoms with Crippen LogP contribution in [0.5, 0.6) is 0 Å². The van der Waals surface area contributed by atoms with E-state index in [-0.39, 0.29) is 0 Å². The lowest BCUT2D eigenvalue weighted by atomic mass is 9.69. The summed E-state index contributed by atoms with van der Waals surface area (Å²) in [6.45, 7) is 10.7. The number of aliphatic hydroxyl groups is 1. The predicted octanol–water partition coefficient (Wildman–Crippen LogP) is 4.90. The molecule has 0 radical (unpaired) electrons. The smallest absolute Gasteiger partial charge is 0.247 e. The fraction of sp³-hybridized carbons (Fsp3) is 0.643. The summed E-state index contributed by atoms with van der Waals surface area (Å²) in [5.41, 5.74) is 3.58. The molecule has 0 amide bonds. The zero-order valence-corrected chi connectivity index (χ0v) is 21.6. The van der Waals surface area contributed by atoms with Crippen LogP contribution in [0.4, 0.5) is 5.69 Å². The minimum absolute atomic E-state index is 0.339. The summed E-state index contributed by atoms with van der Waals surface area (Å²) >= 11 is 0. The highest BCUT2D eigenvalue weighted by Crippen LogP contribution is 2.39. The lowest BCUT2D eigenvalue weighted by molar-refractivity contribution is 0.103. The Balaban J connectivity index is 1.41. The van der Waals surface area contributed by atoms with E-state index in [1.807, 2.05) is 26.2 Å². The molecule has 2 aliphatic rings. The predicted molar refractivity (Wildman–Crippen MR) is 138 cm³/mol. The maximum absolute atomic E-state index is 9.45. The number of hydrogen-bond donors (Lipinski definition) is 1. The van der Waals surface area contributed by atoms with E-state index in [9.17, 15) is 5.11 Å². The first-order valence-corrected chi connectivity index (χ1v) is 13.0. The second-order valence-electron chi connectivity index (χ2n) is 11.0. The number of rotatable bonds is 8. The Bertz CT molecular complexity index is 942. The fourth-order valence-electron chi connectivity index (χ4n) is 5.70. The van der Waals surface area contributed by atoms with Gasteiger partial charge in [-0.25, -0.2) is 0 Å². The molecule has 3 atom stereocenters. The molecule has 0 saturated carbocycles. The Labute approximate surface area is 205 Å². The molecule has 0 unspecified atom stereocenters. The van der Waals surface area contributed by atoms with Crippen molar-refractivity contribution >= 4 is 5.69 Å². The second kappa shape index (κ2) is 11.0. The zero-order valence-electron chi connectivity index (χ0n) is 21.6. The van der Waals surface area contributed by atoms with Gasteiger partial charge in [0.15, 0.2) is 0 Å². The molecular formula is C28H42N4O2. The van der Waals surface area contributed by atoms with Crippen LogP contribution < -0.4 is 4.90 Å². The van der Waals surface area contributed by atoms with E-state index < -0.39 is 0 Å². The standard InChI is InChI=1S/C28H42N4O2/c1-19(2)26-15-23(20(3)14-24(26)17-32-12-10-21(18-33)11-13-32)16-27-29-30-28(34-27)22-6-8-25(9-7-22)31(4)5/h6-9,14,19,21,23-24,26,33H,10-13,15-18H2,1-5H3/t23-,24-,26-/m0/s1. The maximum Gasteiger partial charge on any atom is 0.247 e. The fourth-order valence-corrected chi connectivity index (χ4v) is 5.70. The molecule has 1 fully saturated rings. The number of likely N-dealkylation sites (tertiary alicyclic amines) is 1. The van der Waals surface area contributed by atoms with E-state index in [1.165, 1.54) is 12.0 Å². The highest BCUT2D eigenvalue weighted by atomic mass is 16.4. The van der Waals surface area contributed by atoms with Crippen molar-refractivity contribution in [1.82, 2.24) is 15.1 Å². The summed E-state index contributed by atoms with van der Waals surface area (Å²) in [7, 11) is 4.07. The molecule has 4 rings (SSSR count). The third kappa shape index (κ3) is 5.89. The van der Waals surface area contributed by atoms with E-state index in [0.29, 0.717) is 42.1 Å². The highest BCUT2D eigenvalue weighted by Gasteiger charge is 2.34. The minimum atomic E-state index is 0.339. The van der Waals surface area contributed by atoms with Crippen LogP contribution in [0, 0.1) is 29.6 Å². The van der Waals surface area contributed by atoms with Crippen molar-refractivity contribution < 1.29 is 9.52 Å². The number of aromatic nitrogens is 2. The van der Waals surface area contributed by atoms with Crippen molar-refractivity contribution in [1.29, 1.82) is 0 Å². The van der Waals surface area contributed by atoms with Crippen molar-refractivity contribution in [2.45, 2.75) is 46.5 Å². The summed E-state index contributed by atoms with van der Waals surface area (Å²) in [6.07, 6.45) is 6.76.